The highest BCUT2D eigenvalue weighted by Gasteiger charge is 2.23. The van der Waals surface area contributed by atoms with Gasteiger partial charge in [0.2, 0.25) is 20.0 Å². The summed E-state index contributed by atoms with van der Waals surface area (Å²) in [6, 6.07) is 2.38. The van der Waals surface area contributed by atoms with Crippen LogP contribution in [0.4, 0.5) is 4.39 Å². The minimum atomic E-state index is -4.06. The van der Waals surface area contributed by atoms with Gasteiger partial charge < -0.3 is 0 Å². The van der Waals surface area contributed by atoms with Gasteiger partial charge in [-0.1, -0.05) is 0 Å². The molecule has 2 N–H and O–H groups in total. The molecule has 96 valence electrons. The molecule has 1 rings (SSSR count). The van der Waals surface area contributed by atoms with Gasteiger partial charge in [0.25, 0.3) is 0 Å². The van der Waals surface area contributed by atoms with Crippen molar-refractivity contribution in [3.8, 4) is 0 Å². The Bertz CT molecular complexity index is 637. The number of rotatable bonds is 3. The van der Waals surface area contributed by atoms with Gasteiger partial charge >= 0.3 is 0 Å². The summed E-state index contributed by atoms with van der Waals surface area (Å²) >= 11 is 0. The van der Waals surface area contributed by atoms with E-state index in [1.807, 2.05) is 0 Å². The molecule has 0 radical (unpaired) electrons. The molecule has 0 aliphatic carbocycles. The van der Waals surface area contributed by atoms with Crippen LogP contribution in [0, 0.1) is 5.82 Å². The lowest BCUT2D eigenvalue weighted by atomic mass is 10.3. The van der Waals surface area contributed by atoms with E-state index in [2.05, 4.69) is 0 Å². The fraction of sp³-hybridized carbons (Fsp3) is 0.250. The Kier molecular flexibility index (Phi) is 3.58. The zero-order valence-electron chi connectivity index (χ0n) is 9.08. The van der Waals surface area contributed by atoms with E-state index in [-0.39, 0.29) is 0 Å². The van der Waals surface area contributed by atoms with Gasteiger partial charge in [-0.15, -0.1) is 0 Å². The van der Waals surface area contributed by atoms with Crippen LogP contribution in [0.25, 0.3) is 0 Å². The molecule has 0 saturated heterocycles. The fourth-order valence-corrected chi connectivity index (χ4v) is 2.53. The molecule has 0 aromatic heterocycles. The molecule has 6 nitrogen and oxygen atoms in total. The highest BCUT2D eigenvalue weighted by molar-refractivity contribution is 7.89. The van der Waals surface area contributed by atoms with E-state index < -0.39 is 35.7 Å². The molecule has 0 saturated carbocycles. The molecule has 0 amide bonds. The summed E-state index contributed by atoms with van der Waals surface area (Å²) in [5.74, 6) is -1.16. The van der Waals surface area contributed by atoms with Crippen LogP contribution in [0.15, 0.2) is 28.0 Å². The number of nitrogens with two attached hydrogens (primary N) is 1. The van der Waals surface area contributed by atoms with Gasteiger partial charge in [-0.05, 0) is 18.2 Å². The summed E-state index contributed by atoms with van der Waals surface area (Å²) in [4.78, 5) is -1.08. The summed E-state index contributed by atoms with van der Waals surface area (Å²) in [7, 11) is -5.53. The smallest absolute Gasteiger partial charge is 0.225 e. The summed E-state index contributed by atoms with van der Waals surface area (Å²) < 4.78 is 59.4. The largest absolute Gasteiger partial charge is 0.245 e. The fourth-order valence-electron chi connectivity index (χ4n) is 1.06. The van der Waals surface area contributed by atoms with Crippen LogP contribution in [0.2, 0.25) is 0 Å². The molecular formula is C8H11FN2O4S2. The standard InChI is InChI=1S/C8H11FN2O4S2/c1-11(2)17(14,15)8-4-3-6(5-7(8)9)16(10,12)13/h3-5H,1-2H3,(H2,10,12,13). The van der Waals surface area contributed by atoms with Gasteiger partial charge in [-0.3, -0.25) is 0 Å². The highest BCUT2D eigenvalue weighted by atomic mass is 32.2. The number of benzene rings is 1. The maximum Gasteiger partial charge on any atom is 0.245 e. The highest BCUT2D eigenvalue weighted by Crippen LogP contribution is 2.20. The maximum absolute atomic E-state index is 13.5. The summed E-state index contributed by atoms with van der Waals surface area (Å²) in [5.41, 5.74) is 0. The number of nitrogens with zero attached hydrogens (tertiary/aromatic N) is 1. The molecule has 9 heteroatoms. The third-order valence-corrected chi connectivity index (χ3v) is 4.75. The topological polar surface area (TPSA) is 97.5 Å². The SMILES string of the molecule is CN(C)S(=O)(=O)c1ccc(S(N)(=O)=O)cc1F. The molecule has 1 aromatic carbocycles. The van der Waals surface area contributed by atoms with Crippen molar-refractivity contribution >= 4 is 20.0 Å². The van der Waals surface area contributed by atoms with Crippen molar-refractivity contribution in [3.63, 3.8) is 0 Å². The average molecular weight is 282 g/mol. The van der Waals surface area contributed by atoms with Crippen LogP contribution in [0.5, 0.6) is 0 Å². The van der Waals surface area contributed by atoms with E-state index in [9.17, 15) is 21.2 Å². The quantitative estimate of drug-likeness (QED) is 0.824. The van der Waals surface area contributed by atoms with Crippen LogP contribution in [-0.2, 0) is 20.0 Å². The minimum Gasteiger partial charge on any atom is -0.225 e. The van der Waals surface area contributed by atoms with Crippen LogP contribution in [0.1, 0.15) is 0 Å². The Labute approximate surface area is 98.9 Å². The normalized spacial score (nSPS) is 13.0. The van der Waals surface area contributed by atoms with Gasteiger partial charge in [-0.2, -0.15) is 0 Å². The van der Waals surface area contributed by atoms with Crippen LogP contribution >= 0.6 is 0 Å². The van der Waals surface area contributed by atoms with E-state index in [1.54, 1.807) is 0 Å². The Morgan fingerprint density at radius 2 is 1.71 bits per heavy atom. The lowest BCUT2D eigenvalue weighted by Gasteiger charge is -2.12. The number of hydrogen-bond acceptors (Lipinski definition) is 4. The van der Waals surface area contributed by atoms with Gasteiger partial charge in [0.1, 0.15) is 10.7 Å². The van der Waals surface area contributed by atoms with Crippen molar-refractivity contribution in [1.82, 2.24) is 4.31 Å². The molecule has 0 atom stereocenters. The number of sulfonamides is 2. The molecule has 17 heavy (non-hydrogen) atoms. The summed E-state index contributed by atoms with van der Waals surface area (Å²) in [6.07, 6.45) is 0. The monoisotopic (exact) mass is 282 g/mol. The molecule has 1 aromatic rings. The first-order chi connectivity index (χ1) is 7.56. The van der Waals surface area contributed by atoms with Crippen molar-refractivity contribution in [1.29, 1.82) is 0 Å². The van der Waals surface area contributed by atoms with Gasteiger partial charge in [0.05, 0.1) is 4.90 Å². The van der Waals surface area contributed by atoms with Gasteiger partial charge in [0, 0.05) is 14.1 Å². The number of hydrogen-bond donors (Lipinski definition) is 1. The predicted molar refractivity (Wildman–Crippen MR) is 58.6 cm³/mol. The van der Waals surface area contributed by atoms with Crippen molar-refractivity contribution in [2.24, 2.45) is 5.14 Å². The Morgan fingerprint density at radius 1 is 1.18 bits per heavy atom. The Hall–Kier alpha value is -1.03. The van der Waals surface area contributed by atoms with E-state index in [1.165, 1.54) is 14.1 Å². The zero-order valence-corrected chi connectivity index (χ0v) is 10.7. The predicted octanol–water partition coefficient (Wildman–Crippen LogP) is -0.277. The van der Waals surface area contributed by atoms with Crippen LogP contribution in [0.3, 0.4) is 0 Å². The lowest BCUT2D eigenvalue weighted by Crippen LogP contribution is -2.23. The van der Waals surface area contributed by atoms with Crippen LogP contribution < -0.4 is 5.14 Å². The molecule has 0 spiro atoms. The first-order valence-electron chi connectivity index (χ1n) is 4.31. The molecule has 0 heterocycles. The first kappa shape index (κ1) is 14.0. The van der Waals surface area contributed by atoms with E-state index in [0.29, 0.717) is 6.07 Å². The zero-order chi connectivity index (χ0) is 13.4. The van der Waals surface area contributed by atoms with Crippen molar-refractivity contribution < 1.29 is 21.2 Å². The second-order valence-electron chi connectivity index (χ2n) is 3.42. The van der Waals surface area contributed by atoms with Crippen molar-refractivity contribution in [2.75, 3.05) is 14.1 Å². The minimum absolute atomic E-state index is 0.479. The second-order valence-corrected chi connectivity index (χ2v) is 7.11. The second kappa shape index (κ2) is 4.33. The summed E-state index contributed by atoms with van der Waals surface area (Å²) in [5, 5.41) is 4.79. The maximum atomic E-state index is 13.5. The molecule has 0 bridgehead atoms. The Balaban J connectivity index is 3.45. The van der Waals surface area contributed by atoms with E-state index >= 15 is 0 Å². The van der Waals surface area contributed by atoms with Gasteiger partial charge in [0.15, 0.2) is 0 Å². The molecule has 0 unspecified atom stereocenters. The molecular weight excluding hydrogens is 271 g/mol. The Morgan fingerprint density at radius 3 is 2.06 bits per heavy atom. The first-order valence-corrected chi connectivity index (χ1v) is 7.30. The van der Waals surface area contributed by atoms with E-state index in [4.69, 9.17) is 5.14 Å². The molecule has 0 aliphatic heterocycles. The molecule has 0 fully saturated rings. The number of halogens is 1. The lowest BCUT2D eigenvalue weighted by molar-refractivity contribution is 0.506. The average Bonchev–Trinajstić information content (AvgIpc) is 2.15. The van der Waals surface area contributed by atoms with Gasteiger partial charge in [-0.25, -0.2) is 30.7 Å². The van der Waals surface area contributed by atoms with E-state index in [0.717, 1.165) is 16.4 Å². The number of primary sulfonamides is 1. The molecule has 0 aliphatic rings. The third-order valence-electron chi connectivity index (χ3n) is 1.99. The van der Waals surface area contributed by atoms with Crippen molar-refractivity contribution in [2.45, 2.75) is 9.79 Å². The summed E-state index contributed by atoms with van der Waals surface area (Å²) in [6.45, 7) is 0. The van der Waals surface area contributed by atoms with Crippen molar-refractivity contribution in [3.05, 3.63) is 24.0 Å². The van der Waals surface area contributed by atoms with Crippen LogP contribution in [-0.4, -0.2) is 35.2 Å². The third kappa shape index (κ3) is 2.80.